The van der Waals surface area contributed by atoms with E-state index in [1.54, 1.807) is 4.90 Å². The van der Waals surface area contributed by atoms with Gasteiger partial charge in [0, 0.05) is 24.5 Å². The van der Waals surface area contributed by atoms with Gasteiger partial charge in [-0.05, 0) is 69.7 Å². The van der Waals surface area contributed by atoms with Crippen molar-refractivity contribution in [1.82, 2.24) is 4.90 Å². The number of hydrogen-bond donors (Lipinski definition) is 0. The van der Waals surface area contributed by atoms with Crippen LogP contribution in [0.2, 0.25) is 5.02 Å². The minimum atomic E-state index is -0.403. The average molecular weight is 503 g/mol. The zero-order valence-electron chi connectivity index (χ0n) is 21.0. The van der Waals surface area contributed by atoms with E-state index in [-0.39, 0.29) is 31.1 Å². The molecule has 0 bridgehead atoms. The molecule has 1 fully saturated rings. The summed E-state index contributed by atoms with van der Waals surface area (Å²) in [6.07, 6.45) is 10.6. The molecule has 3 rings (SSSR count). The normalized spacial score (nSPS) is 23.9. The molecule has 0 aromatic heterocycles. The Morgan fingerprint density at radius 3 is 2.54 bits per heavy atom. The van der Waals surface area contributed by atoms with Crippen LogP contribution in [0.15, 0.2) is 35.5 Å². The Hall–Kier alpha value is -2.64. The average Bonchev–Trinajstić information content (AvgIpc) is 2.79. The molecule has 2 aliphatic heterocycles. The first-order valence-electron chi connectivity index (χ1n) is 12.2. The standard InChI is InChI=1S/C27H35ClN2O5/c1-18-13-19(2)26(28)23-14-22(11-9-7-5-6-8-10-12-33-27(32)25(18)23)29-34-17-24(31)30-15-20(3)35-21(4)16-30/h6,8-9,11,13,20-21H,5,7,10,12,14-17H2,1-4H3/b8-6+,11-9?,29-22-. The summed E-state index contributed by atoms with van der Waals surface area (Å²) >= 11 is 6.67. The third-order valence-corrected chi connectivity index (χ3v) is 6.47. The molecule has 0 N–H and O–H groups in total. The highest BCUT2D eigenvalue weighted by Gasteiger charge is 2.26. The fourth-order valence-electron chi connectivity index (χ4n) is 4.38. The number of rotatable bonds is 3. The van der Waals surface area contributed by atoms with Gasteiger partial charge >= 0.3 is 5.97 Å². The van der Waals surface area contributed by atoms with Gasteiger partial charge in [0.2, 0.25) is 0 Å². The molecule has 0 spiro atoms. The van der Waals surface area contributed by atoms with Crippen molar-refractivity contribution in [1.29, 1.82) is 0 Å². The highest BCUT2D eigenvalue weighted by atomic mass is 35.5. The van der Waals surface area contributed by atoms with Crippen molar-refractivity contribution in [2.24, 2.45) is 5.16 Å². The van der Waals surface area contributed by atoms with Crippen LogP contribution in [-0.4, -0.2) is 61.0 Å². The number of carbonyl (C=O) groups is 2. The van der Waals surface area contributed by atoms with E-state index in [1.807, 2.05) is 52.0 Å². The highest BCUT2D eigenvalue weighted by molar-refractivity contribution is 6.33. The van der Waals surface area contributed by atoms with E-state index < -0.39 is 5.97 Å². The Balaban J connectivity index is 1.84. The van der Waals surface area contributed by atoms with E-state index in [1.165, 1.54) is 0 Å². The first kappa shape index (κ1) is 27.0. The van der Waals surface area contributed by atoms with Crippen LogP contribution in [0.5, 0.6) is 0 Å². The third-order valence-electron chi connectivity index (χ3n) is 5.94. The number of esters is 1. The Labute approximate surface area is 212 Å². The van der Waals surface area contributed by atoms with Crippen LogP contribution in [0, 0.1) is 13.8 Å². The summed E-state index contributed by atoms with van der Waals surface area (Å²) in [6, 6.07) is 1.89. The van der Waals surface area contributed by atoms with E-state index in [0.717, 1.165) is 24.0 Å². The SMILES string of the molecule is Cc1cc(C)c2c(c1Cl)C/C(=N\OCC(=O)N1CC(C)OC(C)C1)C=CCC/C=C/CCOC2=O. The maximum Gasteiger partial charge on any atom is 0.338 e. The van der Waals surface area contributed by atoms with Gasteiger partial charge in [-0.15, -0.1) is 0 Å². The van der Waals surface area contributed by atoms with Crippen LogP contribution in [0.4, 0.5) is 0 Å². The molecule has 190 valence electrons. The van der Waals surface area contributed by atoms with Crippen LogP contribution < -0.4 is 0 Å². The number of hydrogen-bond acceptors (Lipinski definition) is 6. The molecule has 0 aliphatic carbocycles. The van der Waals surface area contributed by atoms with Gasteiger partial charge in [0.05, 0.1) is 30.1 Å². The monoisotopic (exact) mass is 502 g/mol. The van der Waals surface area contributed by atoms with Crippen LogP contribution in [-0.2, 0) is 25.5 Å². The topological polar surface area (TPSA) is 77.4 Å². The summed E-state index contributed by atoms with van der Waals surface area (Å²) < 4.78 is 11.2. The van der Waals surface area contributed by atoms with Gasteiger partial charge in [-0.2, -0.15) is 0 Å². The minimum absolute atomic E-state index is 0.0181. The van der Waals surface area contributed by atoms with Crippen molar-refractivity contribution in [2.75, 3.05) is 26.3 Å². The number of cyclic esters (lactones) is 1. The second-order valence-electron chi connectivity index (χ2n) is 9.14. The zero-order valence-corrected chi connectivity index (χ0v) is 21.8. The molecule has 1 aromatic rings. The molecule has 1 amide bonds. The number of carbonyl (C=O) groups excluding carboxylic acids is 2. The van der Waals surface area contributed by atoms with Gasteiger partial charge < -0.3 is 19.2 Å². The van der Waals surface area contributed by atoms with Crippen LogP contribution in [0.1, 0.15) is 60.2 Å². The lowest BCUT2D eigenvalue weighted by Crippen LogP contribution is -2.49. The molecule has 0 saturated carbocycles. The summed E-state index contributed by atoms with van der Waals surface area (Å²) in [5, 5.41) is 4.78. The third kappa shape index (κ3) is 7.67. The quantitative estimate of drug-likeness (QED) is 0.331. The van der Waals surface area contributed by atoms with Crippen LogP contribution in [0.25, 0.3) is 0 Å². The lowest BCUT2D eigenvalue weighted by molar-refractivity contribution is -0.147. The second-order valence-corrected chi connectivity index (χ2v) is 9.52. The predicted octanol–water partition coefficient (Wildman–Crippen LogP) is 4.96. The number of fused-ring (bicyclic) bond motifs is 1. The van der Waals surface area contributed by atoms with Gasteiger partial charge in [-0.1, -0.05) is 41.1 Å². The number of allylic oxidation sites excluding steroid dienone is 3. The first-order valence-corrected chi connectivity index (χ1v) is 12.5. The molecule has 35 heavy (non-hydrogen) atoms. The molecule has 1 aromatic carbocycles. The van der Waals surface area contributed by atoms with Crippen molar-refractivity contribution in [2.45, 2.75) is 65.6 Å². The molecule has 2 atom stereocenters. The lowest BCUT2D eigenvalue weighted by atomic mass is 9.94. The summed E-state index contributed by atoms with van der Waals surface area (Å²) in [6.45, 7) is 8.86. The molecule has 2 aliphatic rings. The van der Waals surface area contributed by atoms with E-state index in [0.29, 0.717) is 48.0 Å². The molecule has 1 saturated heterocycles. The molecule has 8 heteroatoms. The maximum atomic E-state index is 12.9. The molecule has 0 radical (unpaired) electrons. The number of benzene rings is 1. The van der Waals surface area contributed by atoms with E-state index in [9.17, 15) is 9.59 Å². The van der Waals surface area contributed by atoms with Gasteiger partial charge in [0.15, 0.2) is 6.61 Å². The number of amides is 1. The van der Waals surface area contributed by atoms with Crippen molar-refractivity contribution >= 4 is 29.2 Å². The number of nitrogens with zero attached hydrogens (tertiary/aromatic N) is 2. The summed E-state index contributed by atoms with van der Waals surface area (Å²) in [7, 11) is 0. The molecule has 2 heterocycles. The Kier molecular flexibility index (Phi) is 9.93. The summed E-state index contributed by atoms with van der Waals surface area (Å²) in [4.78, 5) is 32.8. The lowest BCUT2D eigenvalue weighted by Gasteiger charge is -2.35. The van der Waals surface area contributed by atoms with Crippen molar-refractivity contribution in [3.63, 3.8) is 0 Å². The Bertz CT molecular complexity index is 1010. The molecule has 2 unspecified atom stereocenters. The van der Waals surface area contributed by atoms with Gasteiger partial charge in [-0.25, -0.2) is 4.79 Å². The molecular formula is C27H35ClN2O5. The molecule has 7 nitrogen and oxygen atoms in total. The second kappa shape index (κ2) is 12.9. The van der Waals surface area contributed by atoms with Crippen LogP contribution in [0.3, 0.4) is 0 Å². The van der Waals surface area contributed by atoms with Gasteiger partial charge in [0.25, 0.3) is 5.91 Å². The van der Waals surface area contributed by atoms with E-state index in [2.05, 4.69) is 11.2 Å². The van der Waals surface area contributed by atoms with Gasteiger partial charge in [-0.3, -0.25) is 4.79 Å². The maximum absolute atomic E-state index is 12.9. The predicted molar refractivity (Wildman–Crippen MR) is 137 cm³/mol. The van der Waals surface area contributed by atoms with Crippen molar-refractivity contribution in [3.05, 3.63) is 57.6 Å². The molecular weight excluding hydrogens is 468 g/mol. The van der Waals surface area contributed by atoms with Crippen molar-refractivity contribution in [3.8, 4) is 0 Å². The smallest absolute Gasteiger partial charge is 0.338 e. The number of morpholine rings is 1. The number of halogens is 1. The van der Waals surface area contributed by atoms with E-state index >= 15 is 0 Å². The summed E-state index contributed by atoms with van der Waals surface area (Å²) in [5.41, 5.74) is 3.34. The minimum Gasteiger partial charge on any atom is -0.462 e. The largest absolute Gasteiger partial charge is 0.462 e. The zero-order chi connectivity index (χ0) is 25.4. The summed E-state index contributed by atoms with van der Waals surface area (Å²) in [5.74, 6) is -0.542. The number of oxime groups is 1. The first-order chi connectivity index (χ1) is 16.8. The fraction of sp³-hybridized carbons (Fsp3) is 0.519. The number of aryl methyl sites for hydroxylation is 2. The van der Waals surface area contributed by atoms with Crippen molar-refractivity contribution < 1.29 is 23.9 Å². The number of ether oxygens (including phenoxy) is 2. The Morgan fingerprint density at radius 1 is 1.11 bits per heavy atom. The Morgan fingerprint density at radius 2 is 1.80 bits per heavy atom. The van der Waals surface area contributed by atoms with Crippen LogP contribution >= 0.6 is 11.6 Å². The van der Waals surface area contributed by atoms with Gasteiger partial charge in [0.1, 0.15) is 0 Å². The fourth-order valence-corrected chi connectivity index (χ4v) is 4.60. The van der Waals surface area contributed by atoms with E-state index in [4.69, 9.17) is 25.9 Å². The highest BCUT2D eigenvalue weighted by Crippen LogP contribution is 2.29.